The number of carbonyl (C=O) groups excluding carboxylic acids is 1. The molecule has 0 bridgehead atoms. The fourth-order valence-corrected chi connectivity index (χ4v) is 3.10. The van der Waals surface area contributed by atoms with E-state index in [1.54, 1.807) is 0 Å². The number of nitrogens with zero attached hydrogens (tertiary/aromatic N) is 1. The van der Waals surface area contributed by atoms with Crippen LogP contribution in [0.4, 0.5) is 0 Å². The van der Waals surface area contributed by atoms with Crippen LogP contribution in [0.25, 0.3) is 0 Å². The van der Waals surface area contributed by atoms with E-state index in [0.717, 1.165) is 13.0 Å². The van der Waals surface area contributed by atoms with Gasteiger partial charge in [0.15, 0.2) is 0 Å². The van der Waals surface area contributed by atoms with Crippen LogP contribution >= 0.6 is 0 Å². The van der Waals surface area contributed by atoms with Crippen LogP contribution < -0.4 is 0 Å². The van der Waals surface area contributed by atoms with Crippen LogP contribution in [0.3, 0.4) is 0 Å². The van der Waals surface area contributed by atoms with Crippen LogP contribution in [0.15, 0.2) is 0 Å². The molecule has 3 nitrogen and oxygen atoms in total. The summed E-state index contributed by atoms with van der Waals surface area (Å²) < 4.78 is 0. The van der Waals surface area contributed by atoms with E-state index in [2.05, 4.69) is 0 Å². The summed E-state index contributed by atoms with van der Waals surface area (Å²) in [5.41, 5.74) is -0.654. The molecular weight excluding hydrogens is 214 g/mol. The average Bonchev–Trinajstić information content (AvgIpc) is 2.50. The normalized spacial score (nSPS) is 31.5. The highest BCUT2D eigenvalue weighted by Gasteiger charge is 2.34. The SMILES string of the molecule is CC1(O)CCN(C(=O)CC2CCCCCC2)C1. The summed E-state index contributed by atoms with van der Waals surface area (Å²) in [6, 6.07) is 0. The average molecular weight is 239 g/mol. The van der Waals surface area contributed by atoms with Gasteiger partial charge < -0.3 is 10.0 Å². The number of carbonyl (C=O) groups is 1. The summed E-state index contributed by atoms with van der Waals surface area (Å²) in [6.07, 6.45) is 9.11. The topological polar surface area (TPSA) is 40.5 Å². The van der Waals surface area contributed by atoms with Gasteiger partial charge in [0.2, 0.25) is 5.91 Å². The third-order valence-electron chi connectivity index (χ3n) is 4.24. The Balaban J connectivity index is 1.80. The van der Waals surface area contributed by atoms with Crippen LogP contribution in [0.1, 0.15) is 58.3 Å². The van der Waals surface area contributed by atoms with Crippen LogP contribution in [0.2, 0.25) is 0 Å². The van der Waals surface area contributed by atoms with E-state index < -0.39 is 5.60 Å². The van der Waals surface area contributed by atoms with Gasteiger partial charge in [-0.3, -0.25) is 4.79 Å². The van der Waals surface area contributed by atoms with E-state index >= 15 is 0 Å². The molecule has 0 aromatic carbocycles. The van der Waals surface area contributed by atoms with Crippen LogP contribution in [0, 0.1) is 5.92 Å². The molecule has 2 fully saturated rings. The van der Waals surface area contributed by atoms with E-state index in [1.807, 2.05) is 11.8 Å². The molecule has 0 aromatic rings. The van der Waals surface area contributed by atoms with Gasteiger partial charge in [0.05, 0.1) is 5.60 Å². The van der Waals surface area contributed by atoms with Crippen molar-refractivity contribution in [1.29, 1.82) is 0 Å². The lowest BCUT2D eigenvalue weighted by atomic mass is 9.96. The summed E-state index contributed by atoms with van der Waals surface area (Å²) >= 11 is 0. The fourth-order valence-electron chi connectivity index (χ4n) is 3.10. The predicted octanol–water partition coefficient (Wildman–Crippen LogP) is 2.33. The van der Waals surface area contributed by atoms with Gasteiger partial charge in [-0.15, -0.1) is 0 Å². The Kier molecular flexibility index (Phi) is 4.08. The highest BCUT2D eigenvalue weighted by Crippen LogP contribution is 2.27. The van der Waals surface area contributed by atoms with Crippen molar-refractivity contribution in [2.75, 3.05) is 13.1 Å². The molecule has 3 heteroatoms. The number of amides is 1. The number of rotatable bonds is 2. The number of hydrogen-bond donors (Lipinski definition) is 1. The molecule has 0 spiro atoms. The third-order valence-corrected chi connectivity index (χ3v) is 4.24. The molecule has 0 aromatic heterocycles. The van der Waals surface area contributed by atoms with Crippen LogP contribution in [-0.4, -0.2) is 34.6 Å². The molecule has 1 unspecified atom stereocenters. The summed E-state index contributed by atoms with van der Waals surface area (Å²) in [4.78, 5) is 14.0. The molecule has 2 aliphatic rings. The van der Waals surface area contributed by atoms with Crippen molar-refractivity contribution in [1.82, 2.24) is 4.90 Å². The van der Waals surface area contributed by atoms with E-state index in [1.165, 1.54) is 38.5 Å². The molecule has 1 saturated carbocycles. The first-order valence-corrected chi connectivity index (χ1v) is 7.07. The van der Waals surface area contributed by atoms with Gasteiger partial charge in [0.25, 0.3) is 0 Å². The summed E-state index contributed by atoms with van der Waals surface area (Å²) in [7, 11) is 0. The maximum atomic E-state index is 12.1. The molecule has 1 heterocycles. The van der Waals surface area contributed by atoms with Gasteiger partial charge in [-0.2, -0.15) is 0 Å². The fraction of sp³-hybridized carbons (Fsp3) is 0.929. The standard InChI is InChI=1S/C14H25NO2/c1-14(17)8-9-15(11-14)13(16)10-12-6-4-2-3-5-7-12/h12,17H,2-11H2,1H3. The summed E-state index contributed by atoms with van der Waals surface area (Å²) in [6.45, 7) is 3.09. The quantitative estimate of drug-likeness (QED) is 0.751. The minimum absolute atomic E-state index is 0.259. The largest absolute Gasteiger partial charge is 0.388 e. The van der Waals surface area contributed by atoms with Crippen molar-refractivity contribution in [3.05, 3.63) is 0 Å². The Labute approximate surface area is 104 Å². The number of likely N-dealkylation sites (tertiary alicyclic amines) is 1. The minimum Gasteiger partial charge on any atom is -0.388 e. The molecule has 0 radical (unpaired) electrons. The Morgan fingerprint density at radius 1 is 1.29 bits per heavy atom. The van der Waals surface area contributed by atoms with Crippen molar-refractivity contribution >= 4 is 5.91 Å². The van der Waals surface area contributed by atoms with Crippen LogP contribution in [-0.2, 0) is 4.79 Å². The van der Waals surface area contributed by atoms with Crippen molar-refractivity contribution in [2.45, 2.75) is 63.9 Å². The number of aliphatic hydroxyl groups is 1. The smallest absolute Gasteiger partial charge is 0.222 e. The molecule has 1 aliphatic carbocycles. The lowest BCUT2D eigenvalue weighted by Crippen LogP contribution is -2.34. The van der Waals surface area contributed by atoms with Crippen molar-refractivity contribution < 1.29 is 9.90 Å². The number of hydrogen-bond acceptors (Lipinski definition) is 2. The molecule has 1 amide bonds. The van der Waals surface area contributed by atoms with Crippen molar-refractivity contribution in [3.63, 3.8) is 0 Å². The maximum absolute atomic E-state index is 12.1. The molecule has 17 heavy (non-hydrogen) atoms. The highest BCUT2D eigenvalue weighted by molar-refractivity contribution is 5.76. The first-order valence-electron chi connectivity index (χ1n) is 7.07. The molecule has 1 aliphatic heterocycles. The lowest BCUT2D eigenvalue weighted by molar-refractivity contribution is -0.132. The molecule has 1 N–H and O–H groups in total. The van der Waals surface area contributed by atoms with E-state index in [-0.39, 0.29) is 5.91 Å². The summed E-state index contributed by atoms with van der Waals surface area (Å²) in [5.74, 6) is 0.852. The molecule has 2 rings (SSSR count). The second-order valence-corrected chi connectivity index (χ2v) is 6.12. The molecule has 1 atom stereocenters. The maximum Gasteiger partial charge on any atom is 0.222 e. The zero-order chi connectivity index (χ0) is 12.3. The Morgan fingerprint density at radius 3 is 2.47 bits per heavy atom. The zero-order valence-corrected chi connectivity index (χ0v) is 11.0. The number of β-amino-alcohol motifs (C(OH)–C–C–N with tert-alkyl or cyclic N) is 1. The second-order valence-electron chi connectivity index (χ2n) is 6.12. The van der Waals surface area contributed by atoms with Gasteiger partial charge in [0, 0.05) is 19.5 Å². The van der Waals surface area contributed by atoms with E-state index in [9.17, 15) is 9.90 Å². The van der Waals surface area contributed by atoms with Gasteiger partial charge in [-0.1, -0.05) is 25.7 Å². The summed E-state index contributed by atoms with van der Waals surface area (Å²) in [5, 5.41) is 9.87. The monoisotopic (exact) mass is 239 g/mol. The Hall–Kier alpha value is -0.570. The lowest BCUT2D eigenvalue weighted by Gasteiger charge is -2.21. The van der Waals surface area contributed by atoms with Gasteiger partial charge in [-0.05, 0) is 32.1 Å². The highest BCUT2D eigenvalue weighted by atomic mass is 16.3. The third kappa shape index (κ3) is 3.70. The van der Waals surface area contributed by atoms with Crippen LogP contribution in [0.5, 0.6) is 0 Å². The van der Waals surface area contributed by atoms with Crippen molar-refractivity contribution in [3.8, 4) is 0 Å². The van der Waals surface area contributed by atoms with Crippen molar-refractivity contribution in [2.24, 2.45) is 5.92 Å². The second kappa shape index (κ2) is 5.38. The Bertz CT molecular complexity index is 267. The molecule has 1 saturated heterocycles. The minimum atomic E-state index is -0.654. The van der Waals surface area contributed by atoms with E-state index in [0.29, 0.717) is 18.9 Å². The van der Waals surface area contributed by atoms with Gasteiger partial charge in [0.1, 0.15) is 0 Å². The van der Waals surface area contributed by atoms with Gasteiger partial charge in [-0.25, -0.2) is 0 Å². The molecule has 98 valence electrons. The Morgan fingerprint density at radius 2 is 1.94 bits per heavy atom. The first kappa shape index (κ1) is 12.9. The first-order chi connectivity index (χ1) is 8.07. The zero-order valence-electron chi connectivity index (χ0n) is 11.0. The predicted molar refractivity (Wildman–Crippen MR) is 67.6 cm³/mol. The molecular formula is C14H25NO2. The van der Waals surface area contributed by atoms with E-state index in [4.69, 9.17) is 0 Å². The van der Waals surface area contributed by atoms with Gasteiger partial charge >= 0.3 is 0 Å².